The molecule has 0 spiro atoms. The van der Waals surface area contributed by atoms with Crippen LogP contribution in [0.25, 0.3) is 0 Å². The molecule has 0 aliphatic heterocycles. The zero-order chi connectivity index (χ0) is 29.4. The topological polar surface area (TPSA) is 96.0 Å². The van der Waals surface area contributed by atoms with Crippen LogP contribution in [0.5, 0.6) is 5.75 Å². The van der Waals surface area contributed by atoms with Gasteiger partial charge in [0.1, 0.15) is 18.3 Å². The Labute approximate surface area is 249 Å². The Morgan fingerprint density at radius 2 is 1.68 bits per heavy atom. The highest BCUT2D eigenvalue weighted by Gasteiger charge is 2.34. The van der Waals surface area contributed by atoms with Gasteiger partial charge in [0.15, 0.2) is 0 Å². The molecule has 40 heavy (non-hydrogen) atoms. The number of amides is 2. The smallest absolute Gasteiger partial charge is 0.244 e. The van der Waals surface area contributed by atoms with Crippen LogP contribution in [-0.2, 0) is 32.6 Å². The molecule has 0 radical (unpaired) electrons. The minimum Gasteiger partial charge on any atom is -0.495 e. The number of rotatable bonds is 12. The van der Waals surface area contributed by atoms with Gasteiger partial charge < -0.3 is 15.0 Å². The summed E-state index contributed by atoms with van der Waals surface area (Å²) in [6.07, 6.45) is 1.24. The molecule has 0 bridgehead atoms. The Balaban J connectivity index is 2.10. The number of nitrogens with zero attached hydrogens (tertiary/aromatic N) is 2. The number of hydrogen-bond acceptors (Lipinski definition) is 5. The lowest BCUT2D eigenvalue weighted by atomic mass is 10.0. The molecule has 214 valence electrons. The largest absolute Gasteiger partial charge is 0.495 e. The third-order valence-electron chi connectivity index (χ3n) is 6.03. The molecule has 0 aromatic heterocycles. The van der Waals surface area contributed by atoms with Crippen LogP contribution in [0.4, 0.5) is 5.69 Å². The first kappa shape index (κ1) is 31.4. The maximum Gasteiger partial charge on any atom is 0.244 e. The van der Waals surface area contributed by atoms with Gasteiger partial charge in [0, 0.05) is 28.5 Å². The van der Waals surface area contributed by atoms with E-state index in [1.54, 1.807) is 6.07 Å². The van der Waals surface area contributed by atoms with Crippen molar-refractivity contribution in [1.82, 2.24) is 10.2 Å². The zero-order valence-electron chi connectivity index (χ0n) is 22.8. The third-order valence-corrected chi connectivity index (χ3v) is 7.89. The van der Waals surface area contributed by atoms with Crippen molar-refractivity contribution in [2.45, 2.75) is 38.9 Å². The van der Waals surface area contributed by atoms with Crippen LogP contribution in [0, 0.1) is 0 Å². The normalized spacial score (nSPS) is 12.1. The summed E-state index contributed by atoms with van der Waals surface area (Å²) in [7, 11) is -2.56. The summed E-state index contributed by atoms with van der Waals surface area (Å²) in [4.78, 5) is 29.1. The predicted molar refractivity (Wildman–Crippen MR) is 162 cm³/mol. The lowest BCUT2D eigenvalue weighted by molar-refractivity contribution is -0.140. The highest BCUT2D eigenvalue weighted by atomic mass is 79.9. The average Bonchev–Trinajstić information content (AvgIpc) is 2.88. The number of halogens is 2. The maximum atomic E-state index is 14.1. The Morgan fingerprint density at radius 3 is 2.27 bits per heavy atom. The molecule has 0 heterocycles. The standard InChI is InChI=1S/C29H33BrClN3O5S/c1-20(2)32-29(36)26(16-21-9-6-5-7-10-21)33(18-22-11-8-12-23(30)15-22)28(35)19-34(40(4,37)38)25-17-24(31)13-14-27(25)39-3/h5-15,17,20,26H,16,18-19H2,1-4H3,(H,32,36)/t26-/m1/s1. The molecule has 2 amide bonds. The molecule has 0 unspecified atom stereocenters. The van der Waals surface area contributed by atoms with Crippen molar-refractivity contribution in [2.24, 2.45) is 0 Å². The second-order valence-corrected chi connectivity index (χ2v) is 12.9. The second kappa shape index (κ2) is 14.0. The minimum atomic E-state index is -3.96. The van der Waals surface area contributed by atoms with Gasteiger partial charge in [-0.3, -0.25) is 13.9 Å². The minimum absolute atomic E-state index is 0.0750. The fraction of sp³-hybridized carbons (Fsp3) is 0.310. The van der Waals surface area contributed by atoms with Crippen molar-refractivity contribution in [3.63, 3.8) is 0 Å². The SMILES string of the molecule is COc1ccc(Cl)cc1N(CC(=O)N(Cc1cccc(Br)c1)[C@H](Cc1ccccc1)C(=O)NC(C)C)S(C)(=O)=O. The van der Waals surface area contributed by atoms with E-state index in [0.29, 0.717) is 0 Å². The highest BCUT2D eigenvalue weighted by molar-refractivity contribution is 9.10. The van der Waals surface area contributed by atoms with Gasteiger partial charge in [-0.15, -0.1) is 0 Å². The van der Waals surface area contributed by atoms with Crippen LogP contribution in [0.15, 0.2) is 77.3 Å². The van der Waals surface area contributed by atoms with Crippen molar-refractivity contribution < 1.29 is 22.7 Å². The molecule has 1 atom stereocenters. The highest BCUT2D eigenvalue weighted by Crippen LogP contribution is 2.33. The van der Waals surface area contributed by atoms with Crippen molar-refractivity contribution in [1.29, 1.82) is 0 Å². The number of carbonyl (C=O) groups is 2. The lowest BCUT2D eigenvalue weighted by Crippen LogP contribution is -2.54. The van der Waals surface area contributed by atoms with Crippen molar-refractivity contribution in [3.05, 3.63) is 93.4 Å². The van der Waals surface area contributed by atoms with E-state index in [4.69, 9.17) is 16.3 Å². The Kier molecular flexibility index (Phi) is 11.0. The summed E-state index contributed by atoms with van der Waals surface area (Å²) in [5.74, 6) is -0.666. The van der Waals surface area contributed by atoms with Crippen LogP contribution in [0.3, 0.4) is 0 Å². The number of carbonyl (C=O) groups excluding carboxylic acids is 2. The molecule has 0 aliphatic rings. The molecule has 8 nitrogen and oxygen atoms in total. The summed E-state index contributed by atoms with van der Waals surface area (Å²) in [5.41, 5.74) is 1.75. The summed E-state index contributed by atoms with van der Waals surface area (Å²) < 4.78 is 33.1. The van der Waals surface area contributed by atoms with E-state index in [1.165, 1.54) is 24.1 Å². The first-order chi connectivity index (χ1) is 18.9. The monoisotopic (exact) mass is 649 g/mol. The van der Waals surface area contributed by atoms with E-state index in [-0.39, 0.29) is 41.4 Å². The fourth-order valence-electron chi connectivity index (χ4n) is 4.22. The molecule has 3 aromatic rings. The van der Waals surface area contributed by atoms with Gasteiger partial charge in [-0.05, 0) is 55.3 Å². The second-order valence-electron chi connectivity index (χ2n) is 9.61. The molecule has 1 N–H and O–H groups in total. The van der Waals surface area contributed by atoms with Crippen LogP contribution >= 0.6 is 27.5 Å². The number of sulfonamides is 1. The average molecular weight is 651 g/mol. The van der Waals surface area contributed by atoms with Gasteiger partial charge in [-0.1, -0.05) is 70.0 Å². The Morgan fingerprint density at radius 1 is 1.00 bits per heavy atom. The number of anilines is 1. The van der Waals surface area contributed by atoms with Gasteiger partial charge in [0.2, 0.25) is 21.8 Å². The van der Waals surface area contributed by atoms with Crippen molar-refractivity contribution >= 4 is 55.1 Å². The van der Waals surface area contributed by atoms with E-state index < -0.39 is 28.5 Å². The van der Waals surface area contributed by atoms with E-state index in [1.807, 2.05) is 68.4 Å². The van der Waals surface area contributed by atoms with Crippen LogP contribution in [0.2, 0.25) is 5.02 Å². The van der Waals surface area contributed by atoms with Crippen molar-refractivity contribution in [2.75, 3.05) is 24.2 Å². The molecule has 3 aromatic carbocycles. The molecule has 0 saturated carbocycles. The Hall–Kier alpha value is -3.08. The van der Waals surface area contributed by atoms with Crippen molar-refractivity contribution in [3.8, 4) is 5.75 Å². The van der Waals surface area contributed by atoms with Gasteiger partial charge >= 0.3 is 0 Å². The zero-order valence-corrected chi connectivity index (χ0v) is 26.0. The van der Waals surface area contributed by atoms with Crippen LogP contribution in [-0.4, -0.2) is 57.1 Å². The van der Waals surface area contributed by atoms with Gasteiger partial charge in [0.05, 0.1) is 19.1 Å². The summed E-state index contributed by atoms with van der Waals surface area (Å²) in [6.45, 7) is 3.19. The molecular formula is C29H33BrClN3O5S. The molecular weight excluding hydrogens is 618 g/mol. The molecule has 0 saturated heterocycles. The fourth-order valence-corrected chi connectivity index (χ4v) is 5.68. The first-order valence-corrected chi connectivity index (χ1v) is 15.6. The first-order valence-electron chi connectivity index (χ1n) is 12.6. The maximum absolute atomic E-state index is 14.1. The van der Waals surface area contributed by atoms with E-state index in [9.17, 15) is 18.0 Å². The quantitative estimate of drug-likeness (QED) is 0.296. The lowest BCUT2D eigenvalue weighted by Gasteiger charge is -2.34. The number of benzene rings is 3. The summed E-state index contributed by atoms with van der Waals surface area (Å²) in [6, 6.07) is 20.2. The number of methoxy groups -OCH3 is 1. The Bertz CT molecular complexity index is 1440. The summed E-state index contributed by atoms with van der Waals surface area (Å²) in [5, 5.41) is 3.20. The molecule has 11 heteroatoms. The predicted octanol–water partition coefficient (Wildman–Crippen LogP) is 5.04. The molecule has 3 rings (SSSR count). The van der Waals surface area contributed by atoms with E-state index in [0.717, 1.165) is 26.2 Å². The van der Waals surface area contributed by atoms with Gasteiger partial charge in [-0.2, -0.15) is 0 Å². The van der Waals surface area contributed by atoms with E-state index in [2.05, 4.69) is 21.2 Å². The van der Waals surface area contributed by atoms with E-state index >= 15 is 0 Å². The third kappa shape index (κ3) is 8.71. The number of nitrogens with one attached hydrogen (secondary N) is 1. The van der Waals surface area contributed by atoms with Crippen LogP contribution < -0.4 is 14.4 Å². The molecule has 0 aliphatic carbocycles. The number of hydrogen-bond donors (Lipinski definition) is 1. The van der Waals surface area contributed by atoms with Gasteiger partial charge in [-0.25, -0.2) is 8.42 Å². The van der Waals surface area contributed by atoms with Crippen LogP contribution in [0.1, 0.15) is 25.0 Å². The number of ether oxygens (including phenoxy) is 1. The summed E-state index contributed by atoms with van der Waals surface area (Å²) >= 11 is 9.65. The molecule has 0 fully saturated rings. The van der Waals surface area contributed by atoms with Gasteiger partial charge in [0.25, 0.3) is 0 Å².